The number of sulfonamides is 1. The highest BCUT2D eigenvalue weighted by atomic mass is 32.2. The molecule has 0 saturated heterocycles. The molecular formula is C14H18N2O2S. The number of nitrogens with one attached hydrogen (secondary N) is 1. The van der Waals surface area contributed by atoms with E-state index in [1.54, 1.807) is 12.1 Å². The average Bonchev–Trinajstić information content (AvgIpc) is 2.38. The highest BCUT2D eigenvalue weighted by Crippen LogP contribution is 2.43. The molecule has 1 aromatic rings. The van der Waals surface area contributed by atoms with Crippen LogP contribution in [0.2, 0.25) is 0 Å². The van der Waals surface area contributed by atoms with Crippen LogP contribution < -0.4 is 4.72 Å². The summed E-state index contributed by atoms with van der Waals surface area (Å²) in [5, 5.41) is 8.97. The van der Waals surface area contributed by atoms with Crippen LogP contribution >= 0.6 is 0 Å². The number of hydrogen-bond donors (Lipinski definition) is 1. The lowest BCUT2D eigenvalue weighted by atomic mass is 9.67. The van der Waals surface area contributed by atoms with Crippen LogP contribution in [0.3, 0.4) is 0 Å². The molecule has 1 aromatic carbocycles. The van der Waals surface area contributed by atoms with Crippen LogP contribution in [0.4, 0.5) is 0 Å². The molecule has 1 N–H and O–H groups in total. The van der Waals surface area contributed by atoms with Gasteiger partial charge in [-0.25, -0.2) is 13.1 Å². The number of nitrogens with zero attached hydrogens (tertiary/aromatic N) is 1. The van der Waals surface area contributed by atoms with E-state index in [9.17, 15) is 8.42 Å². The fourth-order valence-corrected chi connectivity index (χ4v) is 3.76. The molecule has 102 valence electrons. The van der Waals surface area contributed by atoms with E-state index >= 15 is 0 Å². The molecule has 1 saturated carbocycles. The molecule has 19 heavy (non-hydrogen) atoms. The Bertz CT molecular complexity index is 593. The fourth-order valence-electron chi connectivity index (χ4n) is 2.45. The second kappa shape index (κ2) is 5.32. The van der Waals surface area contributed by atoms with E-state index in [1.165, 1.54) is 18.6 Å². The zero-order valence-electron chi connectivity index (χ0n) is 11.0. The topological polar surface area (TPSA) is 70.0 Å². The Kier molecular flexibility index (Phi) is 3.93. The number of benzene rings is 1. The SMILES string of the molecule is CCC1(CNS(=O)(=O)c2ccccc2C#N)CCC1. The molecule has 0 bridgehead atoms. The van der Waals surface area contributed by atoms with Crippen LogP contribution in [-0.2, 0) is 10.0 Å². The number of hydrogen-bond acceptors (Lipinski definition) is 3. The minimum atomic E-state index is -3.60. The van der Waals surface area contributed by atoms with Crippen molar-refractivity contribution in [3.05, 3.63) is 29.8 Å². The first-order valence-electron chi connectivity index (χ1n) is 6.52. The third-order valence-corrected chi connectivity index (χ3v) is 5.56. The monoisotopic (exact) mass is 278 g/mol. The van der Waals surface area contributed by atoms with Gasteiger partial charge in [-0.05, 0) is 36.8 Å². The van der Waals surface area contributed by atoms with E-state index in [0.29, 0.717) is 6.54 Å². The summed E-state index contributed by atoms with van der Waals surface area (Å²) >= 11 is 0. The summed E-state index contributed by atoms with van der Waals surface area (Å²) in [6.07, 6.45) is 4.30. The minimum absolute atomic E-state index is 0.0723. The van der Waals surface area contributed by atoms with Gasteiger partial charge in [0, 0.05) is 6.54 Å². The largest absolute Gasteiger partial charge is 0.241 e. The van der Waals surface area contributed by atoms with Gasteiger partial charge in [0.1, 0.15) is 6.07 Å². The summed E-state index contributed by atoms with van der Waals surface area (Å²) in [4.78, 5) is 0.0723. The van der Waals surface area contributed by atoms with Gasteiger partial charge in [-0.2, -0.15) is 5.26 Å². The van der Waals surface area contributed by atoms with Crippen molar-refractivity contribution < 1.29 is 8.42 Å². The van der Waals surface area contributed by atoms with Crippen LogP contribution in [0.25, 0.3) is 0 Å². The van der Waals surface area contributed by atoms with Crippen LogP contribution in [-0.4, -0.2) is 15.0 Å². The Hall–Kier alpha value is -1.38. The van der Waals surface area contributed by atoms with Gasteiger partial charge in [0.15, 0.2) is 0 Å². The van der Waals surface area contributed by atoms with E-state index in [0.717, 1.165) is 19.3 Å². The summed E-state index contributed by atoms with van der Waals surface area (Å²) in [6.45, 7) is 2.56. The normalized spacial score (nSPS) is 17.5. The summed E-state index contributed by atoms with van der Waals surface area (Å²) in [7, 11) is -3.60. The maximum atomic E-state index is 12.3. The van der Waals surface area contributed by atoms with E-state index in [1.807, 2.05) is 6.07 Å². The zero-order chi connectivity index (χ0) is 13.9. The molecule has 1 aliphatic rings. The van der Waals surface area contributed by atoms with Crippen molar-refractivity contribution in [2.45, 2.75) is 37.5 Å². The summed E-state index contributed by atoms with van der Waals surface area (Å²) in [6, 6.07) is 8.21. The molecule has 0 radical (unpaired) electrons. The number of nitriles is 1. The average molecular weight is 278 g/mol. The lowest BCUT2D eigenvalue weighted by Gasteiger charge is -2.41. The van der Waals surface area contributed by atoms with Gasteiger partial charge in [0.2, 0.25) is 10.0 Å². The van der Waals surface area contributed by atoms with Crippen LogP contribution in [0.1, 0.15) is 38.2 Å². The third kappa shape index (κ3) is 2.80. The van der Waals surface area contributed by atoms with E-state index in [2.05, 4.69) is 11.6 Å². The molecule has 1 fully saturated rings. The molecule has 2 rings (SSSR count). The molecule has 0 spiro atoms. The number of rotatable bonds is 5. The quantitative estimate of drug-likeness (QED) is 0.899. The Balaban J connectivity index is 2.17. The summed E-state index contributed by atoms with van der Waals surface area (Å²) in [5.74, 6) is 0. The molecule has 0 unspecified atom stereocenters. The summed E-state index contributed by atoms with van der Waals surface area (Å²) in [5.41, 5.74) is 0.309. The first-order valence-corrected chi connectivity index (χ1v) is 8.00. The molecule has 5 heteroatoms. The van der Waals surface area contributed by atoms with Crippen molar-refractivity contribution in [3.8, 4) is 6.07 Å². The molecule has 0 amide bonds. The van der Waals surface area contributed by atoms with Gasteiger partial charge >= 0.3 is 0 Å². The molecular weight excluding hydrogens is 260 g/mol. The van der Waals surface area contributed by atoms with Crippen molar-refractivity contribution in [3.63, 3.8) is 0 Å². The molecule has 0 atom stereocenters. The van der Waals surface area contributed by atoms with E-state index in [-0.39, 0.29) is 15.9 Å². The Labute approximate surface area is 114 Å². The van der Waals surface area contributed by atoms with Crippen LogP contribution in [0, 0.1) is 16.7 Å². The van der Waals surface area contributed by atoms with Crippen molar-refractivity contribution in [2.75, 3.05) is 6.54 Å². The van der Waals surface area contributed by atoms with Gasteiger partial charge in [0.05, 0.1) is 10.5 Å². The Morgan fingerprint density at radius 2 is 2.05 bits per heavy atom. The molecule has 0 aliphatic heterocycles. The molecule has 4 nitrogen and oxygen atoms in total. The lowest BCUT2D eigenvalue weighted by molar-refractivity contribution is 0.133. The third-order valence-electron chi connectivity index (χ3n) is 4.10. The van der Waals surface area contributed by atoms with Crippen LogP contribution in [0.15, 0.2) is 29.2 Å². The highest BCUT2D eigenvalue weighted by Gasteiger charge is 2.36. The maximum Gasteiger partial charge on any atom is 0.241 e. The Morgan fingerprint density at radius 3 is 2.58 bits per heavy atom. The molecule has 1 aliphatic carbocycles. The highest BCUT2D eigenvalue weighted by molar-refractivity contribution is 7.89. The second-order valence-corrected chi connectivity index (χ2v) is 6.87. The van der Waals surface area contributed by atoms with Gasteiger partial charge in [0.25, 0.3) is 0 Å². The van der Waals surface area contributed by atoms with Gasteiger partial charge in [-0.15, -0.1) is 0 Å². The van der Waals surface area contributed by atoms with Crippen molar-refractivity contribution in [1.29, 1.82) is 5.26 Å². The van der Waals surface area contributed by atoms with Gasteiger partial charge in [-0.3, -0.25) is 0 Å². The van der Waals surface area contributed by atoms with E-state index in [4.69, 9.17) is 5.26 Å². The van der Waals surface area contributed by atoms with Crippen molar-refractivity contribution in [2.24, 2.45) is 5.41 Å². The molecule has 0 heterocycles. The molecule has 0 aromatic heterocycles. The van der Waals surface area contributed by atoms with Crippen LogP contribution in [0.5, 0.6) is 0 Å². The first kappa shape index (κ1) is 14.0. The maximum absolute atomic E-state index is 12.3. The lowest BCUT2D eigenvalue weighted by Crippen LogP contribution is -2.41. The summed E-state index contributed by atoms with van der Waals surface area (Å²) < 4.78 is 27.2. The Morgan fingerprint density at radius 1 is 1.37 bits per heavy atom. The predicted octanol–water partition coefficient (Wildman–Crippen LogP) is 2.42. The van der Waals surface area contributed by atoms with Crippen molar-refractivity contribution in [1.82, 2.24) is 4.72 Å². The van der Waals surface area contributed by atoms with E-state index < -0.39 is 10.0 Å². The fraction of sp³-hybridized carbons (Fsp3) is 0.500. The first-order chi connectivity index (χ1) is 9.03. The van der Waals surface area contributed by atoms with Gasteiger partial charge in [-0.1, -0.05) is 25.5 Å². The second-order valence-electron chi connectivity index (χ2n) is 5.14. The smallest absolute Gasteiger partial charge is 0.211 e. The minimum Gasteiger partial charge on any atom is -0.211 e. The van der Waals surface area contributed by atoms with Crippen molar-refractivity contribution >= 4 is 10.0 Å². The standard InChI is InChI=1S/C14H18N2O2S/c1-2-14(8-5-9-14)11-16-19(17,18)13-7-4-3-6-12(13)10-15/h3-4,6-7,16H,2,5,8-9,11H2,1H3. The predicted molar refractivity (Wildman–Crippen MR) is 72.9 cm³/mol. The zero-order valence-corrected chi connectivity index (χ0v) is 11.8. The van der Waals surface area contributed by atoms with Gasteiger partial charge < -0.3 is 0 Å².